The highest BCUT2D eigenvalue weighted by Crippen LogP contribution is 2.40. The van der Waals surface area contributed by atoms with Crippen LogP contribution in [0.15, 0.2) is 30.3 Å². The molecule has 2 N–H and O–H groups in total. The molecule has 0 saturated heterocycles. The number of carboxylic acid groups (broad SMARTS) is 1. The standard InChI is InChI=1S/C22H20ClF2NO4/c1-4-10(2)17(22(29)30)18-11(3)26(15-7-8-16(27)20(25)19(15)18)21(28)12-5-6-13(23)14(24)9-12/h5-10,17,27H,4H2,1-3H3,(H,29,30)/t10-,17?/m0/s1. The van der Waals surface area contributed by atoms with Crippen molar-refractivity contribution in [2.24, 2.45) is 5.92 Å². The van der Waals surface area contributed by atoms with E-state index in [-0.39, 0.29) is 38.7 Å². The number of phenols is 1. The van der Waals surface area contributed by atoms with Crippen molar-refractivity contribution >= 4 is 34.4 Å². The van der Waals surface area contributed by atoms with Crippen LogP contribution in [0, 0.1) is 24.5 Å². The molecule has 0 saturated carbocycles. The lowest BCUT2D eigenvalue weighted by molar-refractivity contribution is -0.140. The summed E-state index contributed by atoms with van der Waals surface area (Å²) in [6.07, 6.45) is 0.500. The van der Waals surface area contributed by atoms with Crippen molar-refractivity contribution < 1.29 is 28.6 Å². The van der Waals surface area contributed by atoms with E-state index in [1.807, 2.05) is 6.92 Å². The molecule has 0 aliphatic carbocycles. The highest BCUT2D eigenvalue weighted by Gasteiger charge is 2.34. The van der Waals surface area contributed by atoms with E-state index in [0.29, 0.717) is 6.42 Å². The van der Waals surface area contributed by atoms with Crippen LogP contribution in [0.5, 0.6) is 5.75 Å². The van der Waals surface area contributed by atoms with Crippen molar-refractivity contribution in [3.63, 3.8) is 0 Å². The van der Waals surface area contributed by atoms with E-state index in [1.54, 1.807) is 6.92 Å². The number of aromatic hydroxyl groups is 1. The van der Waals surface area contributed by atoms with Crippen LogP contribution in [0.25, 0.3) is 10.9 Å². The minimum absolute atomic E-state index is 0.0349. The molecule has 1 heterocycles. The third-order valence-corrected chi connectivity index (χ3v) is 5.80. The summed E-state index contributed by atoms with van der Waals surface area (Å²) in [7, 11) is 0. The lowest BCUT2D eigenvalue weighted by Crippen LogP contribution is -2.21. The van der Waals surface area contributed by atoms with E-state index < -0.39 is 35.2 Å². The van der Waals surface area contributed by atoms with Crippen molar-refractivity contribution in [1.29, 1.82) is 0 Å². The third kappa shape index (κ3) is 3.43. The van der Waals surface area contributed by atoms with Gasteiger partial charge >= 0.3 is 5.97 Å². The molecule has 0 bridgehead atoms. The quantitative estimate of drug-likeness (QED) is 0.555. The van der Waals surface area contributed by atoms with Gasteiger partial charge in [-0.2, -0.15) is 0 Å². The van der Waals surface area contributed by atoms with Crippen LogP contribution in [0.2, 0.25) is 5.02 Å². The van der Waals surface area contributed by atoms with Crippen molar-refractivity contribution in [3.05, 3.63) is 63.8 Å². The Balaban J connectivity index is 2.38. The molecule has 0 amide bonds. The second-order valence-electron chi connectivity index (χ2n) is 7.26. The Kier molecular flexibility index (Phi) is 5.85. The minimum atomic E-state index is -1.17. The summed E-state index contributed by atoms with van der Waals surface area (Å²) >= 11 is 5.69. The normalized spacial score (nSPS) is 13.4. The number of halogens is 3. The molecule has 1 unspecified atom stereocenters. The molecule has 2 atom stereocenters. The number of aromatic nitrogens is 1. The highest BCUT2D eigenvalue weighted by atomic mass is 35.5. The van der Waals surface area contributed by atoms with E-state index >= 15 is 0 Å². The van der Waals surface area contributed by atoms with Gasteiger partial charge in [-0.25, -0.2) is 8.78 Å². The Bertz CT molecular complexity index is 1170. The Morgan fingerprint density at radius 1 is 1.20 bits per heavy atom. The maximum atomic E-state index is 15.0. The summed E-state index contributed by atoms with van der Waals surface area (Å²) in [5, 5.41) is 19.5. The predicted octanol–water partition coefficient (Wildman–Crippen LogP) is 5.49. The monoisotopic (exact) mass is 435 g/mol. The van der Waals surface area contributed by atoms with Crippen molar-refractivity contribution in [2.75, 3.05) is 0 Å². The largest absolute Gasteiger partial charge is 0.505 e. The molecule has 30 heavy (non-hydrogen) atoms. The lowest BCUT2D eigenvalue weighted by atomic mass is 9.84. The number of hydrogen-bond donors (Lipinski definition) is 2. The van der Waals surface area contributed by atoms with E-state index in [9.17, 15) is 28.6 Å². The Morgan fingerprint density at radius 2 is 1.87 bits per heavy atom. The van der Waals surface area contributed by atoms with Crippen LogP contribution in [0.3, 0.4) is 0 Å². The first-order chi connectivity index (χ1) is 14.1. The first kappa shape index (κ1) is 21.8. The Hall–Kier alpha value is -2.93. The molecule has 2 aromatic carbocycles. The van der Waals surface area contributed by atoms with Crippen molar-refractivity contribution in [3.8, 4) is 5.75 Å². The maximum absolute atomic E-state index is 15.0. The molecular formula is C22H20ClF2NO4. The predicted molar refractivity (Wildman–Crippen MR) is 109 cm³/mol. The third-order valence-electron chi connectivity index (χ3n) is 5.49. The number of fused-ring (bicyclic) bond motifs is 1. The van der Waals surface area contributed by atoms with Gasteiger partial charge in [0, 0.05) is 16.6 Å². The summed E-state index contributed by atoms with van der Waals surface area (Å²) in [4.78, 5) is 25.3. The molecule has 5 nitrogen and oxygen atoms in total. The lowest BCUT2D eigenvalue weighted by Gasteiger charge is -2.20. The molecule has 0 radical (unpaired) electrons. The molecule has 1 aromatic heterocycles. The summed E-state index contributed by atoms with van der Waals surface area (Å²) in [5.41, 5.74) is 0.380. The molecule has 0 spiro atoms. The van der Waals surface area contributed by atoms with Gasteiger partial charge in [-0.15, -0.1) is 0 Å². The molecule has 3 rings (SSSR count). The van der Waals surface area contributed by atoms with Crippen LogP contribution in [0.1, 0.15) is 47.8 Å². The van der Waals surface area contributed by atoms with Gasteiger partial charge in [-0.3, -0.25) is 14.2 Å². The summed E-state index contributed by atoms with van der Waals surface area (Å²) in [5.74, 6) is -5.76. The van der Waals surface area contributed by atoms with Gasteiger partial charge in [0.25, 0.3) is 5.91 Å². The fourth-order valence-electron chi connectivity index (χ4n) is 3.77. The summed E-state index contributed by atoms with van der Waals surface area (Å²) < 4.78 is 30.0. The number of carbonyl (C=O) groups is 2. The molecular weight excluding hydrogens is 416 g/mol. The van der Waals surface area contributed by atoms with E-state index in [2.05, 4.69) is 0 Å². The Labute approximate surface area is 176 Å². The SMILES string of the molecule is CC[C@H](C)C(C(=O)O)c1c(C)n(C(=O)c2ccc(Cl)c(F)c2)c2ccc(O)c(F)c12. The fourth-order valence-corrected chi connectivity index (χ4v) is 3.88. The van der Waals surface area contributed by atoms with Crippen molar-refractivity contribution in [1.82, 2.24) is 4.57 Å². The van der Waals surface area contributed by atoms with Gasteiger partial charge in [0.05, 0.1) is 16.5 Å². The van der Waals surface area contributed by atoms with Gasteiger partial charge in [-0.1, -0.05) is 31.9 Å². The van der Waals surface area contributed by atoms with Crippen LogP contribution in [0.4, 0.5) is 8.78 Å². The highest BCUT2D eigenvalue weighted by molar-refractivity contribution is 6.30. The molecule has 158 valence electrons. The number of carboxylic acids is 1. The number of rotatable bonds is 5. The van der Waals surface area contributed by atoms with Gasteiger partial charge < -0.3 is 10.2 Å². The average Bonchev–Trinajstić information content (AvgIpc) is 2.98. The number of hydrogen-bond acceptors (Lipinski definition) is 3. The number of aliphatic carboxylic acids is 1. The molecule has 3 aromatic rings. The number of phenolic OH excluding ortho intramolecular Hbond substituents is 1. The zero-order chi connectivity index (χ0) is 22.3. The number of carbonyl (C=O) groups excluding carboxylic acids is 1. The van der Waals surface area contributed by atoms with Crippen LogP contribution < -0.4 is 0 Å². The van der Waals surface area contributed by atoms with E-state index in [0.717, 1.165) is 16.7 Å². The minimum Gasteiger partial charge on any atom is -0.505 e. The fraction of sp³-hybridized carbons (Fsp3) is 0.273. The first-order valence-corrected chi connectivity index (χ1v) is 9.72. The summed E-state index contributed by atoms with van der Waals surface area (Å²) in [6.45, 7) is 5.04. The smallest absolute Gasteiger partial charge is 0.311 e. The van der Waals surface area contributed by atoms with Crippen molar-refractivity contribution in [2.45, 2.75) is 33.1 Å². The van der Waals surface area contributed by atoms with Gasteiger partial charge in [0.15, 0.2) is 11.6 Å². The van der Waals surface area contributed by atoms with Crippen LogP contribution >= 0.6 is 11.6 Å². The number of benzene rings is 2. The molecule has 0 aliphatic rings. The van der Waals surface area contributed by atoms with Gasteiger partial charge in [0.1, 0.15) is 5.82 Å². The van der Waals surface area contributed by atoms with Gasteiger partial charge in [-0.05, 0) is 48.7 Å². The second kappa shape index (κ2) is 8.07. The molecule has 8 heteroatoms. The zero-order valence-corrected chi connectivity index (χ0v) is 17.3. The maximum Gasteiger partial charge on any atom is 0.311 e. The number of nitrogens with zero attached hydrogens (tertiary/aromatic N) is 1. The van der Waals surface area contributed by atoms with E-state index in [1.165, 1.54) is 25.1 Å². The van der Waals surface area contributed by atoms with Crippen LogP contribution in [-0.2, 0) is 4.79 Å². The summed E-state index contributed by atoms with van der Waals surface area (Å²) in [6, 6.07) is 5.96. The Morgan fingerprint density at radius 3 is 2.43 bits per heavy atom. The molecule has 0 fully saturated rings. The molecule has 0 aliphatic heterocycles. The van der Waals surface area contributed by atoms with Gasteiger partial charge in [0.2, 0.25) is 0 Å². The van der Waals surface area contributed by atoms with E-state index in [4.69, 9.17) is 11.6 Å². The average molecular weight is 436 g/mol. The second-order valence-corrected chi connectivity index (χ2v) is 7.67. The zero-order valence-electron chi connectivity index (χ0n) is 16.5. The van der Waals surface area contributed by atoms with Crippen LogP contribution in [-0.4, -0.2) is 26.7 Å². The first-order valence-electron chi connectivity index (χ1n) is 9.35. The topological polar surface area (TPSA) is 79.5 Å².